The minimum atomic E-state index is 1.11. The van der Waals surface area contributed by atoms with Crippen molar-refractivity contribution in [1.82, 2.24) is 0 Å². The van der Waals surface area contributed by atoms with Gasteiger partial charge in [0.2, 0.25) is 0 Å². The van der Waals surface area contributed by atoms with Crippen molar-refractivity contribution in [3.8, 4) is 0 Å². The predicted octanol–water partition coefficient (Wildman–Crippen LogP) is 3.61. The summed E-state index contributed by atoms with van der Waals surface area (Å²) in [6.07, 6.45) is 10.7. The van der Waals surface area contributed by atoms with Crippen molar-refractivity contribution in [2.75, 3.05) is 0 Å². The maximum Gasteiger partial charge on any atom is -0.0380 e. The molecule has 0 spiro atoms. The highest BCUT2D eigenvalue weighted by molar-refractivity contribution is 4.90. The van der Waals surface area contributed by atoms with Crippen LogP contribution >= 0.6 is 0 Å². The summed E-state index contributed by atoms with van der Waals surface area (Å²) >= 11 is 0. The van der Waals surface area contributed by atoms with Gasteiger partial charge in [0.05, 0.1) is 0 Å². The summed E-state index contributed by atoms with van der Waals surface area (Å²) in [5, 5.41) is 0. The van der Waals surface area contributed by atoms with E-state index in [0.29, 0.717) is 0 Å². The van der Waals surface area contributed by atoms with Crippen LogP contribution in [0.4, 0.5) is 0 Å². The van der Waals surface area contributed by atoms with Gasteiger partial charge in [0.25, 0.3) is 0 Å². The summed E-state index contributed by atoms with van der Waals surface area (Å²) in [6, 6.07) is 0. The van der Waals surface area contributed by atoms with Crippen LogP contribution in [0.2, 0.25) is 0 Å². The second-order valence-corrected chi connectivity index (χ2v) is 4.58. The zero-order chi connectivity index (χ0) is 7.68. The van der Waals surface area contributed by atoms with Crippen LogP contribution in [0.5, 0.6) is 0 Å². The van der Waals surface area contributed by atoms with E-state index in [1.54, 1.807) is 25.7 Å². The molecule has 11 heavy (non-hydrogen) atoms. The molecule has 2 fully saturated rings. The van der Waals surface area contributed by atoms with Crippen LogP contribution in [0.1, 0.15) is 51.9 Å². The fraction of sp³-hybridized carbons (Fsp3) is 1.00. The maximum absolute atomic E-state index is 2.33. The van der Waals surface area contributed by atoms with Crippen LogP contribution in [0.15, 0.2) is 0 Å². The second-order valence-electron chi connectivity index (χ2n) is 4.58. The monoisotopic (exact) mass is 152 g/mol. The zero-order valence-corrected chi connectivity index (χ0v) is 7.68. The molecular weight excluding hydrogens is 132 g/mol. The van der Waals surface area contributed by atoms with E-state index >= 15 is 0 Å². The van der Waals surface area contributed by atoms with E-state index < -0.39 is 0 Å². The van der Waals surface area contributed by atoms with Crippen molar-refractivity contribution in [3.63, 3.8) is 0 Å². The lowest BCUT2D eigenvalue weighted by molar-refractivity contribution is 0.402. The van der Waals surface area contributed by atoms with Gasteiger partial charge in [-0.05, 0) is 30.6 Å². The molecule has 0 heteroatoms. The normalized spacial score (nSPS) is 42.8. The Morgan fingerprint density at radius 1 is 1.09 bits per heavy atom. The van der Waals surface area contributed by atoms with E-state index in [1.807, 2.05) is 0 Å². The molecule has 0 bridgehead atoms. The molecular formula is C11H20. The molecule has 2 aliphatic rings. The van der Waals surface area contributed by atoms with E-state index in [2.05, 4.69) is 6.92 Å². The van der Waals surface area contributed by atoms with Gasteiger partial charge in [-0.25, -0.2) is 0 Å². The standard InChI is InChI=1S/C11H20/c1-2-4-9-5-3-6-10-8-11(10)7-9/h9-11H,2-8H2,1H3. The largest absolute Gasteiger partial charge is 0.0654 e. The summed E-state index contributed by atoms with van der Waals surface area (Å²) in [6.45, 7) is 2.33. The maximum atomic E-state index is 2.33. The molecule has 0 saturated heterocycles. The summed E-state index contributed by atoms with van der Waals surface area (Å²) in [5.41, 5.74) is 0. The fourth-order valence-electron chi connectivity index (χ4n) is 2.84. The van der Waals surface area contributed by atoms with E-state index in [-0.39, 0.29) is 0 Å². The molecule has 0 nitrogen and oxygen atoms in total. The summed E-state index contributed by atoms with van der Waals surface area (Å²) < 4.78 is 0. The van der Waals surface area contributed by atoms with Crippen molar-refractivity contribution in [1.29, 1.82) is 0 Å². The van der Waals surface area contributed by atoms with Gasteiger partial charge in [0.15, 0.2) is 0 Å². The van der Waals surface area contributed by atoms with Crippen molar-refractivity contribution in [2.45, 2.75) is 51.9 Å². The van der Waals surface area contributed by atoms with Crippen LogP contribution in [0, 0.1) is 17.8 Å². The molecule has 0 radical (unpaired) electrons. The summed E-state index contributed by atoms with van der Waals surface area (Å²) in [7, 11) is 0. The van der Waals surface area contributed by atoms with Gasteiger partial charge in [-0.1, -0.05) is 39.0 Å². The molecule has 0 N–H and O–H groups in total. The Hall–Kier alpha value is 0. The second kappa shape index (κ2) is 3.16. The third kappa shape index (κ3) is 1.77. The number of hydrogen-bond acceptors (Lipinski definition) is 0. The third-order valence-corrected chi connectivity index (χ3v) is 3.59. The van der Waals surface area contributed by atoms with Gasteiger partial charge in [-0.15, -0.1) is 0 Å². The Morgan fingerprint density at radius 2 is 2.00 bits per heavy atom. The lowest BCUT2D eigenvalue weighted by Crippen LogP contribution is -1.99. The minimum Gasteiger partial charge on any atom is -0.0654 e. The topological polar surface area (TPSA) is 0 Å². The van der Waals surface area contributed by atoms with Crippen LogP contribution in [-0.2, 0) is 0 Å². The van der Waals surface area contributed by atoms with Gasteiger partial charge in [-0.3, -0.25) is 0 Å². The smallest absolute Gasteiger partial charge is 0.0380 e. The van der Waals surface area contributed by atoms with Crippen LogP contribution < -0.4 is 0 Å². The molecule has 2 saturated carbocycles. The Labute approximate surface area is 70.4 Å². The molecule has 3 unspecified atom stereocenters. The van der Waals surface area contributed by atoms with Crippen molar-refractivity contribution in [2.24, 2.45) is 17.8 Å². The lowest BCUT2D eigenvalue weighted by Gasteiger charge is -2.12. The van der Waals surface area contributed by atoms with Crippen molar-refractivity contribution in [3.05, 3.63) is 0 Å². The van der Waals surface area contributed by atoms with Crippen LogP contribution in [0.3, 0.4) is 0 Å². The molecule has 64 valence electrons. The number of rotatable bonds is 2. The van der Waals surface area contributed by atoms with E-state index in [0.717, 1.165) is 5.92 Å². The number of fused-ring (bicyclic) bond motifs is 1. The van der Waals surface area contributed by atoms with Crippen LogP contribution in [-0.4, -0.2) is 0 Å². The highest BCUT2D eigenvalue weighted by Gasteiger charge is 2.39. The Kier molecular flexibility index (Phi) is 2.20. The fourth-order valence-corrected chi connectivity index (χ4v) is 2.84. The first-order chi connectivity index (χ1) is 5.40. The average molecular weight is 152 g/mol. The first kappa shape index (κ1) is 7.64. The van der Waals surface area contributed by atoms with E-state index in [4.69, 9.17) is 0 Å². The van der Waals surface area contributed by atoms with Gasteiger partial charge in [0.1, 0.15) is 0 Å². The molecule has 0 aromatic heterocycles. The summed E-state index contributed by atoms with van der Waals surface area (Å²) in [5.74, 6) is 3.46. The lowest BCUT2D eigenvalue weighted by atomic mass is 9.94. The van der Waals surface area contributed by atoms with Gasteiger partial charge in [-0.2, -0.15) is 0 Å². The SMILES string of the molecule is CCCC1CCCC2CC2C1. The molecule has 0 heterocycles. The van der Waals surface area contributed by atoms with Gasteiger partial charge in [0, 0.05) is 0 Å². The first-order valence-corrected chi connectivity index (χ1v) is 5.40. The summed E-state index contributed by atoms with van der Waals surface area (Å²) in [4.78, 5) is 0. The zero-order valence-electron chi connectivity index (χ0n) is 7.68. The molecule has 2 aliphatic carbocycles. The highest BCUT2D eigenvalue weighted by Crippen LogP contribution is 2.50. The molecule has 0 aliphatic heterocycles. The Bertz CT molecular complexity index is 128. The van der Waals surface area contributed by atoms with E-state index in [9.17, 15) is 0 Å². The van der Waals surface area contributed by atoms with Crippen molar-refractivity contribution < 1.29 is 0 Å². The minimum absolute atomic E-state index is 1.11. The van der Waals surface area contributed by atoms with Gasteiger partial charge < -0.3 is 0 Å². The molecule has 0 aromatic carbocycles. The van der Waals surface area contributed by atoms with Crippen molar-refractivity contribution >= 4 is 0 Å². The Balaban J connectivity index is 1.81. The van der Waals surface area contributed by atoms with E-state index in [1.165, 1.54) is 31.1 Å². The molecule has 0 aromatic rings. The Morgan fingerprint density at radius 3 is 2.82 bits per heavy atom. The van der Waals surface area contributed by atoms with Crippen LogP contribution in [0.25, 0.3) is 0 Å². The molecule has 3 atom stereocenters. The number of hydrogen-bond donors (Lipinski definition) is 0. The average Bonchev–Trinajstić information content (AvgIpc) is 2.65. The van der Waals surface area contributed by atoms with Gasteiger partial charge >= 0.3 is 0 Å². The molecule has 0 amide bonds. The first-order valence-electron chi connectivity index (χ1n) is 5.40. The highest BCUT2D eigenvalue weighted by atomic mass is 14.4. The predicted molar refractivity (Wildman–Crippen MR) is 48.5 cm³/mol. The quantitative estimate of drug-likeness (QED) is 0.567. The molecule has 2 rings (SSSR count). The third-order valence-electron chi connectivity index (χ3n) is 3.59.